The first-order valence-electron chi connectivity index (χ1n) is 7.28. The Labute approximate surface area is 140 Å². The van der Waals surface area contributed by atoms with Gasteiger partial charge in [0, 0.05) is 5.69 Å². The monoisotopic (exact) mass is 353 g/mol. The minimum atomic E-state index is -3.87. The van der Waals surface area contributed by atoms with Gasteiger partial charge < -0.3 is 14.6 Å². The lowest BCUT2D eigenvalue weighted by Crippen LogP contribution is -2.33. The number of nitrogens with zero attached hydrogens (tertiary/aromatic N) is 1. The molecule has 0 bridgehead atoms. The zero-order valence-electron chi connectivity index (χ0n) is 13.6. The average Bonchev–Trinajstić information content (AvgIpc) is 2.87. The standard InChI is InChI=1S/C15H19N3O5S/c1-4-22-13-7-5-12(6-8-13)17-14(19)9-16-24(20,21)15-10(2)18-23-11(15)3/h5-8,16H,4,9H2,1-3H3,(H,17,19). The van der Waals surface area contributed by atoms with Crippen molar-refractivity contribution in [3.05, 3.63) is 35.7 Å². The van der Waals surface area contributed by atoms with Gasteiger partial charge >= 0.3 is 0 Å². The van der Waals surface area contributed by atoms with Crippen molar-refractivity contribution >= 4 is 21.6 Å². The summed E-state index contributed by atoms with van der Waals surface area (Å²) in [7, 11) is -3.87. The zero-order chi connectivity index (χ0) is 17.7. The molecule has 24 heavy (non-hydrogen) atoms. The summed E-state index contributed by atoms with van der Waals surface area (Å²) in [5, 5.41) is 6.19. The summed E-state index contributed by atoms with van der Waals surface area (Å²) in [6.07, 6.45) is 0. The molecule has 1 heterocycles. The summed E-state index contributed by atoms with van der Waals surface area (Å²) in [5.74, 6) is 0.371. The van der Waals surface area contributed by atoms with Crippen LogP contribution in [0.25, 0.3) is 0 Å². The van der Waals surface area contributed by atoms with E-state index < -0.39 is 22.5 Å². The van der Waals surface area contributed by atoms with Crippen LogP contribution in [0, 0.1) is 13.8 Å². The maximum Gasteiger partial charge on any atom is 0.246 e. The number of rotatable bonds is 7. The van der Waals surface area contributed by atoms with E-state index in [0.29, 0.717) is 18.0 Å². The largest absolute Gasteiger partial charge is 0.494 e. The Bertz CT molecular complexity index is 793. The Kier molecular flexibility index (Phi) is 5.58. The van der Waals surface area contributed by atoms with Crippen LogP contribution in [-0.4, -0.2) is 32.6 Å². The maximum atomic E-state index is 12.2. The zero-order valence-corrected chi connectivity index (χ0v) is 14.4. The van der Waals surface area contributed by atoms with E-state index in [1.807, 2.05) is 6.92 Å². The molecule has 0 spiro atoms. The van der Waals surface area contributed by atoms with Crippen molar-refractivity contribution in [1.82, 2.24) is 9.88 Å². The van der Waals surface area contributed by atoms with Gasteiger partial charge in [0.05, 0.1) is 13.2 Å². The Morgan fingerprint density at radius 2 is 1.92 bits per heavy atom. The lowest BCUT2D eigenvalue weighted by atomic mass is 10.3. The first-order valence-corrected chi connectivity index (χ1v) is 8.77. The molecule has 1 aromatic heterocycles. The van der Waals surface area contributed by atoms with Gasteiger partial charge in [-0.1, -0.05) is 5.16 Å². The molecule has 0 aliphatic heterocycles. The number of hydrogen-bond acceptors (Lipinski definition) is 6. The van der Waals surface area contributed by atoms with E-state index in [9.17, 15) is 13.2 Å². The van der Waals surface area contributed by atoms with Crippen molar-refractivity contribution in [2.24, 2.45) is 0 Å². The lowest BCUT2D eigenvalue weighted by Gasteiger charge is -2.08. The molecule has 0 aliphatic rings. The van der Waals surface area contributed by atoms with Crippen LogP contribution in [0.15, 0.2) is 33.7 Å². The normalized spacial score (nSPS) is 11.3. The average molecular weight is 353 g/mol. The predicted octanol–water partition coefficient (Wildman–Crippen LogP) is 1.61. The lowest BCUT2D eigenvalue weighted by molar-refractivity contribution is -0.115. The molecule has 8 nitrogen and oxygen atoms in total. The van der Waals surface area contributed by atoms with E-state index in [1.165, 1.54) is 13.8 Å². The molecule has 130 valence electrons. The van der Waals surface area contributed by atoms with Gasteiger partial charge in [-0.2, -0.15) is 0 Å². The molecular formula is C15H19N3O5S. The number of sulfonamides is 1. The minimum absolute atomic E-state index is 0.0450. The van der Waals surface area contributed by atoms with Crippen LogP contribution in [0.3, 0.4) is 0 Å². The number of aryl methyl sites for hydroxylation is 2. The smallest absolute Gasteiger partial charge is 0.246 e. The Hall–Kier alpha value is -2.39. The number of aromatic nitrogens is 1. The number of nitrogens with one attached hydrogen (secondary N) is 2. The highest BCUT2D eigenvalue weighted by molar-refractivity contribution is 7.89. The summed E-state index contributed by atoms with van der Waals surface area (Å²) in [6.45, 7) is 5.04. The van der Waals surface area contributed by atoms with Gasteiger partial charge in [0.1, 0.15) is 16.3 Å². The molecule has 0 aliphatic carbocycles. The first kappa shape index (κ1) is 18.0. The maximum absolute atomic E-state index is 12.2. The topological polar surface area (TPSA) is 111 Å². The summed E-state index contributed by atoms with van der Waals surface area (Å²) in [5.41, 5.74) is 0.784. The molecular weight excluding hydrogens is 334 g/mol. The minimum Gasteiger partial charge on any atom is -0.494 e. The summed E-state index contributed by atoms with van der Waals surface area (Å²) in [6, 6.07) is 6.78. The second-order valence-corrected chi connectivity index (χ2v) is 6.69. The van der Waals surface area contributed by atoms with Gasteiger partial charge in [-0.25, -0.2) is 13.1 Å². The fourth-order valence-corrected chi connectivity index (χ4v) is 3.40. The number of carbonyl (C=O) groups excluding carboxylic acids is 1. The van der Waals surface area contributed by atoms with Crippen molar-refractivity contribution in [3.8, 4) is 5.75 Å². The van der Waals surface area contributed by atoms with Crippen molar-refractivity contribution in [3.63, 3.8) is 0 Å². The third-order valence-corrected chi connectivity index (χ3v) is 4.75. The molecule has 2 rings (SSSR count). The summed E-state index contributed by atoms with van der Waals surface area (Å²) >= 11 is 0. The van der Waals surface area contributed by atoms with Gasteiger partial charge in [-0.3, -0.25) is 4.79 Å². The quantitative estimate of drug-likeness (QED) is 0.782. The third-order valence-electron chi connectivity index (χ3n) is 3.11. The molecule has 9 heteroatoms. The number of hydrogen-bond donors (Lipinski definition) is 2. The number of anilines is 1. The third kappa shape index (κ3) is 4.33. The van der Waals surface area contributed by atoms with Gasteiger partial charge in [-0.15, -0.1) is 0 Å². The number of benzene rings is 1. The SMILES string of the molecule is CCOc1ccc(NC(=O)CNS(=O)(=O)c2c(C)noc2C)cc1. The summed E-state index contributed by atoms with van der Waals surface area (Å²) < 4.78 is 36.8. The first-order chi connectivity index (χ1) is 11.3. The van der Waals surface area contributed by atoms with Gasteiger partial charge in [0.25, 0.3) is 0 Å². The number of ether oxygens (including phenoxy) is 1. The van der Waals surface area contributed by atoms with Gasteiger partial charge in [-0.05, 0) is 45.0 Å². The highest BCUT2D eigenvalue weighted by Crippen LogP contribution is 2.18. The highest BCUT2D eigenvalue weighted by Gasteiger charge is 2.24. The van der Waals surface area contributed by atoms with Crippen LogP contribution < -0.4 is 14.8 Å². The van der Waals surface area contributed by atoms with E-state index in [0.717, 1.165) is 0 Å². The molecule has 0 atom stereocenters. The molecule has 2 N–H and O–H groups in total. The van der Waals surface area contributed by atoms with Gasteiger partial charge in [0.2, 0.25) is 15.9 Å². The Morgan fingerprint density at radius 1 is 1.25 bits per heavy atom. The predicted molar refractivity (Wildman–Crippen MR) is 87.4 cm³/mol. The van der Waals surface area contributed by atoms with Gasteiger partial charge in [0.15, 0.2) is 5.76 Å². The molecule has 0 saturated heterocycles. The second kappa shape index (κ2) is 7.45. The molecule has 2 aromatic rings. The van der Waals surface area contributed by atoms with Crippen LogP contribution in [-0.2, 0) is 14.8 Å². The van der Waals surface area contributed by atoms with E-state index in [2.05, 4.69) is 15.2 Å². The molecule has 0 saturated carbocycles. The van der Waals surface area contributed by atoms with Crippen molar-refractivity contribution in [2.75, 3.05) is 18.5 Å². The number of amides is 1. The van der Waals surface area contributed by atoms with E-state index in [-0.39, 0.29) is 16.3 Å². The van der Waals surface area contributed by atoms with E-state index in [4.69, 9.17) is 9.26 Å². The van der Waals surface area contributed by atoms with Crippen LogP contribution in [0.1, 0.15) is 18.4 Å². The number of carbonyl (C=O) groups is 1. The fraction of sp³-hybridized carbons (Fsp3) is 0.333. The van der Waals surface area contributed by atoms with Crippen LogP contribution in [0.5, 0.6) is 5.75 Å². The Morgan fingerprint density at radius 3 is 2.46 bits per heavy atom. The van der Waals surface area contributed by atoms with E-state index in [1.54, 1.807) is 24.3 Å². The molecule has 1 aromatic carbocycles. The van der Waals surface area contributed by atoms with Crippen LogP contribution in [0.2, 0.25) is 0 Å². The van der Waals surface area contributed by atoms with Crippen molar-refractivity contribution in [1.29, 1.82) is 0 Å². The van der Waals surface area contributed by atoms with Crippen molar-refractivity contribution < 1.29 is 22.5 Å². The van der Waals surface area contributed by atoms with Crippen LogP contribution in [0.4, 0.5) is 5.69 Å². The molecule has 1 amide bonds. The molecule has 0 radical (unpaired) electrons. The van der Waals surface area contributed by atoms with Crippen LogP contribution >= 0.6 is 0 Å². The Balaban J connectivity index is 1.95. The molecule has 0 unspecified atom stereocenters. The highest BCUT2D eigenvalue weighted by atomic mass is 32.2. The fourth-order valence-electron chi connectivity index (χ4n) is 2.10. The van der Waals surface area contributed by atoms with Crippen molar-refractivity contribution in [2.45, 2.75) is 25.7 Å². The summed E-state index contributed by atoms with van der Waals surface area (Å²) in [4.78, 5) is 11.9. The molecule has 0 fully saturated rings. The second-order valence-electron chi connectivity index (χ2n) is 4.98. The van der Waals surface area contributed by atoms with E-state index >= 15 is 0 Å².